The lowest BCUT2D eigenvalue weighted by Gasteiger charge is -2.47. The summed E-state index contributed by atoms with van der Waals surface area (Å²) in [6, 6.07) is 5.41. The molecule has 2 N–H and O–H groups in total. The first kappa shape index (κ1) is 15.6. The first-order valence-corrected chi connectivity index (χ1v) is 7.92. The number of para-hydroxylation sites is 1. The number of anilines is 1. The maximum atomic E-state index is 12.3. The third-order valence-electron chi connectivity index (χ3n) is 4.65. The second kappa shape index (κ2) is 6.44. The fourth-order valence-corrected chi connectivity index (χ4v) is 3.79. The van der Waals surface area contributed by atoms with Gasteiger partial charge in [-0.1, -0.05) is 23.7 Å². The molecular weight excluding hydrogens is 304 g/mol. The molecule has 1 aliphatic carbocycles. The molecule has 1 saturated heterocycles. The van der Waals surface area contributed by atoms with Gasteiger partial charge in [-0.25, -0.2) is 4.79 Å². The molecule has 2 fully saturated rings. The van der Waals surface area contributed by atoms with E-state index in [-0.39, 0.29) is 24.1 Å². The SMILES string of the molecule is COC[C@@H]1[C@@H](NC(=O)Nc2c(C)cccc2Cl)[C@@H]2CCO[C@H]12. The standard InChI is InChI=1S/C16H21ClN2O3/c1-9-4-3-5-12(17)13(9)18-16(20)19-14-10-6-7-22-15(10)11(14)8-21-2/h3-5,10-11,14-15H,6-8H2,1-2H3,(H2,18,19,20)/t10-,11+,14-,15-/m0/s1. The van der Waals surface area contributed by atoms with Crippen molar-refractivity contribution in [2.24, 2.45) is 11.8 Å². The Morgan fingerprint density at radius 3 is 3.05 bits per heavy atom. The third kappa shape index (κ3) is 2.81. The van der Waals surface area contributed by atoms with Gasteiger partial charge in [0.15, 0.2) is 0 Å². The molecule has 0 radical (unpaired) electrons. The Balaban J connectivity index is 1.64. The molecule has 120 valence electrons. The Labute approximate surface area is 135 Å². The highest BCUT2D eigenvalue weighted by atomic mass is 35.5. The van der Waals surface area contributed by atoms with Gasteiger partial charge in [-0.15, -0.1) is 0 Å². The minimum Gasteiger partial charge on any atom is -0.384 e. The van der Waals surface area contributed by atoms with Gasteiger partial charge in [-0.2, -0.15) is 0 Å². The van der Waals surface area contributed by atoms with E-state index in [1.54, 1.807) is 13.2 Å². The molecule has 0 aromatic heterocycles. The van der Waals surface area contributed by atoms with Crippen molar-refractivity contribution in [1.29, 1.82) is 0 Å². The van der Waals surface area contributed by atoms with Crippen molar-refractivity contribution in [2.45, 2.75) is 25.5 Å². The van der Waals surface area contributed by atoms with Gasteiger partial charge in [0.2, 0.25) is 0 Å². The number of nitrogens with one attached hydrogen (secondary N) is 2. The summed E-state index contributed by atoms with van der Waals surface area (Å²) in [6.07, 6.45) is 1.20. The number of carbonyl (C=O) groups excluding carboxylic acids is 1. The normalized spacial score (nSPS) is 29.6. The van der Waals surface area contributed by atoms with Crippen molar-refractivity contribution in [2.75, 3.05) is 25.6 Å². The number of amides is 2. The van der Waals surface area contributed by atoms with Crippen LogP contribution >= 0.6 is 11.6 Å². The van der Waals surface area contributed by atoms with Crippen molar-refractivity contribution in [3.8, 4) is 0 Å². The summed E-state index contributed by atoms with van der Waals surface area (Å²) < 4.78 is 11.0. The number of fused-ring (bicyclic) bond motifs is 1. The van der Waals surface area contributed by atoms with Crippen LogP contribution in [0.15, 0.2) is 18.2 Å². The van der Waals surface area contributed by atoms with Crippen molar-refractivity contribution >= 4 is 23.3 Å². The maximum Gasteiger partial charge on any atom is 0.319 e. The zero-order valence-electron chi connectivity index (χ0n) is 12.8. The lowest BCUT2D eigenvalue weighted by Crippen LogP contribution is -2.63. The molecule has 5 nitrogen and oxygen atoms in total. The molecule has 6 heteroatoms. The van der Waals surface area contributed by atoms with E-state index < -0.39 is 0 Å². The molecular formula is C16H21ClN2O3. The molecule has 22 heavy (non-hydrogen) atoms. The van der Waals surface area contributed by atoms with E-state index in [2.05, 4.69) is 10.6 Å². The van der Waals surface area contributed by atoms with Gasteiger partial charge in [0.25, 0.3) is 0 Å². The number of urea groups is 1. The van der Waals surface area contributed by atoms with Crippen LogP contribution in [0.3, 0.4) is 0 Å². The van der Waals surface area contributed by atoms with Crippen LogP contribution in [0.2, 0.25) is 5.02 Å². The zero-order chi connectivity index (χ0) is 15.7. The topological polar surface area (TPSA) is 59.6 Å². The number of hydrogen-bond donors (Lipinski definition) is 2. The Morgan fingerprint density at radius 1 is 1.50 bits per heavy atom. The molecule has 0 spiro atoms. The predicted octanol–water partition coefficient (Wildman–Crippen LogP) is 2.82. The quantitative estimate of drug-likeness (QED) is 0.895. The molecule has 1 saturated carbocycles. The molecule has 0 unspecified atom stereocenters. The average molecular weight is 325 g/mol. The lowest BCUT2D eigenvalue weighted by atomic mass is 9.67. The monoisotopic (exact) mass is 324 g/mol. The second-order valence-electron chi connectivity index (χ2n) is 5.96. The highest BCUT2D eigenvalue weighted by molar-refractivity contribution is 6.33. The average Bonchev–Trinajstić information content (AvgIpc) is 2.91. The molecule has 2 aliphatic rings. The number of carbonyl (C=O) groups is 1. The summed E-state index contributed by atoms with van der Waals surface area (Å²) in [5.41, 5.74) is 1.59. The summed E-state index contributed by atoms with van der Waals surface area (Å²) in [6.45, 7) is 3.27. The number of methoxy groups -OCH3 is 1. The molecule has 1 aliphatic heterocycles. The van der Waals surface area contributed by atoms with Crippen LogP contribution in [0.25, 0.3) is 0 Å². The number of hydrogen-bond acceptors (Lipinski definition) is 3. The van der Waals surface area contributed by atoms with Crippen molar-refractivity contribution in [3.05, 3.63) is 28.8 Å². The molecule has 3 rings (SSSR count). The van der Waals surface area contributed by atoms with Crippen LogP contribution in [0.1, 0.15) is 12.0 Å². The third-order valence-corrected chi connectivity index (χ3v) is 4.96. The first-order chi connectivity index (χ1) is 10.6. The van der Waals surface area contributed by atoms with Gasteiger partial charge in [-0.3, -0.25) is 0 Å². The van der Waals surface area contributed by atoms with E-state index in [0.29, 0.717) is 23.2 Å². The van der Waals surface area contributed by atoms with E-state index >= 15 is 0 Å². The van der Waals surface area contributed by atoms with E-state index in [4.69, 9.17) is 21.1 Å². The van der Waals surface area contributed by atoms with Crippen molar-refractivity contribution < 1.29 is 14.3 Å². The van der Waals surface area contributed by atoms with E-state index in [0.717, 1.165) is 18.6 Å². The number of aryl methyl sites for hydroxylation is 1. The second-order valence-corrected chi connectivity index (χ2v) is 6.37. The van der Waals surface area contributed by atoms with E-state index in [1.165, 1.54) is 0 Å². The predicted molar refractivity (Wildman–Crippen MR) is 85.3 cm³/mol. The van der Waals surface area contributed by atoms with Gasteiger partial charge in [0, 0.05) is 31.6 Å². The molecule has 0 bridgehead atoms. The summed E-state index contributed by atoms with van der Waals surface area (Å²) in [7, 11) is 1.67. The molecule has 1 aromatic rings. The molecule has 4 atom stereocenters. The van der Waals surface area contributed by atoms with Gasteiger partial charge in [0.1, 0.15) is 0 Å². The maximum absolute atomic E-state index is 12.3. The Kier molecular flexibility index (Phi) is 4.57. The van der Waals surface area contributed by atoms with Crippen LogP contribution in [0, 0.1) is 18.8 Å². The Morgan fingerprint density at radius 2 is 2.32 bits per heavy atom. The molecule has 1 aromatic carbocycles. The van der Waals surface area contributed by atoms with Gasteiger partial charge in [-0.05, 0) is 25.0 Å². The van der Waals surface area contributed by atoms with Crippen molar-refractivity contribution in [3.63, 3.8) is 0 Å². The van der Waals surface area contributed by atoms with Crippen LogP contribution in [0.5, 0.6) is 0 Å². The zero-order valence-corrected chi connectivity index (χ0v) is 13.5. The Hall–Kier alpha value is -1.30. The minimum absolute atomic E-state index is 0.0928. The molecule has 2 amide bonds. The minimum atomic E-state index is -0.229. The summed E-state index contributed by atoms with van der Waals surface area (Å²) >= 11 is 6.14. The van der Waals surface area contributed by atoms with Crippen LogP contribution < -0.4 is 10.6 Å². The van der Waals surface area contributed by atoms with E-state index in [1.807, 2.05) is 19.1 Å². The number of benzene rings is 1. The number of halogens is 1. The smallest absolute Gasteiger partial charge is 0.319 e. The highest BCUT2D eigenvalue weighted by Crippen LogP contribution is 2.43. The summed E-state index contributed by atoms with van der Waals surface area (Å²) in [4.78, 5) is 12.3. The van der Waals surface area contributed by atoms with Crippen molar-refractivity contribution in [1.82, 2.24) is 5.32 Å². The van der Waals surface area contributed by atoms with Gasteiger partial charge >= 0.3 is 6.03 Å². The number of rotatable bonds is 4. The van der Waals surface area contributed by atoms with Crippen LogP contribution in [-0.2, 0) is 9.47 Å². The summed E-state index contributed by atoms with van der Waals surface area (Å²) in [5, 5.41) is 6.45. The first-order valence-electron chi connectivity index (χ1n) is 7.55. The van der Waals surface area contributed by atoms with E-state index in [9.17, 15) is 4.79 Å². The fraction of sp³-hybridized carbons (Fsp3) is 0.562. The van der Waals surface area contributed by atoms with Crippen LogP contribution in [-0.4, -0.2) is 38.5 Å². The lowest BCUT2D eigenvalue weighted by molar-refractivity contribution is -0.0798. The summed E-state index contributed by atoms with van der Waals surface area (Å²) in [5.74, 6) is 0.605. The van der Waals surface area contributed by atoms with Crippen LogP contribution in [0.4, 0.5) is 10.5 Å². The Bertz CT molecular complexity index is 546. The van der Waals surface area contributed by atoms with Gasteiger partial charge in [0.05, 0.1) is 23.4 Å². The number of ether oxygens (including phenoxy) is 2. The highest BCUT2D eigenvalue weighted by Gasteiger charge is 2.54. The molecule has 1 heterocycles. The van der Waals surface area contributed by atoms with Gasteiger partial charge < -0.3 is 20.1 Å². The largest absolute Gasteiger partial charge is 0.384 e. The fourth-order valence-electron chi connectivity index (χ4n) is 3.53.